The Bertz CT molecular complexity index is 1680. The third-order valence-electron chi connectivity index (χ3n) is 8.28. The van der Waals surface area contributed by atoms with E-state index in [1.54, 1.807) is 11.8 Å². The fourth-order valence-electron chi connectivity index (χ4n) is 6.13. The number of anilines is 1. The Kier molecular flexibility index (Phi) is 6.59. The molecule has 0 radical (unpaired) electrons. The Labute approximate surface area is 245 Å². The number of piperidine rings is 1. The van der Waals surface area contributed by atoms with Crippen LogP contribution in [-0.2, 0) is 17.8 Å². The highest BCUT2D eigenvalue weighted by molar-refractivity contribution is 8.00. The summed E-state index contributed by atoms with van der Waals surface area (Å²) in [6, 6.07) is 15.1. The maximum Gasteiger partial charge on any atom is 0.211 e. The van der Waals surface area contributed by atoms with Gasteiger partial charge in [-0.15, -0.1) is 4.72 Å². The number of rotatable bonds is 5. The van der Waals surface area contributed by atoms with Gasteiger partial charge in [-0.2, -0.15) is 4.37 Å². The molecule has 7 rings (SSSR count). The molecule has 2 aliphatic rings. The first kappa shape index (κ1) is 26.3. The van der Waals surface area contributed by atoms with Crippen molar-refractivity contribution in [3.8, 4) is 0 Å². The summed E-state index contributed by atoms with van der Waals surface area (Å²) in [6.07, 6.45) is 10.8. The van der Waals surface area contributed by atoms with Crippen LogP contribution in [0.5, 0.6) is 0 Å². The van der Waals surface area contributed by atoms with E-state index in [9.17, 15) is 4.55 Å². The molecule has 7 nitrogen and oxygen atoms in total. The van der Waals surface area contributed by atoms with E-state index in [1.165, 1.54) is 32.3 Å². The van der Waals surface area contributed by atoms with Crippen LogP contribution in [0.3, 0.4) is 0 Å². The molecule has 2 aromatic carbocycles. The first-order chi connectivity index (χ1) is 19.3. The van der Waals surface area contributed by atoms with E-state index < -0.39 is 11.4 Å². The smallest absolute Gasteiger partial charge is 0.211 e. The molecule has 1 saturated heterocycles. The SMILES string of the molecule is CC(C)(C)[S+]([O-])N[C@@H]1c2ccccc2CC12CCN(c1ncc(Sc3cccc4cnsc34)c3nccn13)CC2. The zero-order valence-corrected chi connectivity index (χ0v) is 25.3. The van der Waals surface area contributed by atoms with Crippen LogP contribution in [0.2, 0.25) is 0 Å². The molecule has 0 amide bonds. The molecule has 4 heterocycles. The third kappa shape index (κ3) is 4.50. The van der Waals surface area contributed by atoms with E-state index >= 15 is 0 Å². The molecule has 1 aliphatic heterocycles. The van der Waals surface area contributed by atoms with Crippen LogP contribution in [0.15, 0.2) is 77.0 Å². The summed E-state index contributed by atoms with van der Waals surface area (Å²) in [5.74, 6) is 0.931. The van der Waals surface area contributed by atoms with Gasteiger partial charge in [0.25, 0.3) is 0 Å². The van der Waals surface area contributed by atoms with Gasteiger partial charge in [0, 0.05) is 64.9 Å². The lowest BCUT2D eigenvalue weighted by atomic mass is 9.73. The molecule has 1 spiro atoms. The quantitative estimate of drug-likeness (QED) is 0.237. The lowest BCUT2D eigenvalue weighted by molar-refractivity contribution is 0.175. The van der Waals surface area contributed by atoms with Crippen molar-refractivity contribution in [3.63, 3.8) is 0 Å². The lowest BCUT2D eigenvalue weighted by Crippen LogP contribution is -2.50. The van der Waals surface area contributed by atoms with E-state index in [2.05, 4.69) is 60.9 Å². The van der Waals surface area contributed by atoms with Gasteiger partial charge in [-0.1, -0.05) is 48.2 Å². The number of fused-ring (bicyclic) bond motifs is 3. The van der Waals surface area contributed by atoms with Crippen LogP contribution in [0.25, 0.3) is 15.7 Å². The molecule has 10 heteroatoms. The number of benzene rings is 2. The largest absolute Gasteiger partial charge is 0.598 e. The molecule has 0 bridgehead atoms. The monoisotopic (exact) mass is 588 g/mol. The molecule has 3 aromatic heterocycles. The van der Waals surface area contributed by atoms with Crippen LogP contribution in [0.1, 0.15) is 50.8 Å². The van der Waals surface area contributed by atoms with Gasteiger partial charge in [0.05, 0.1) is 15.6 Å². The van der Waals surface area contributed by atoms with Crippen LogP contribution >= 0.6 is 23.3 Å². The lowest BCUT2D eigenvalue weighted by Gasteiger charge is -2.44. The Morgan fingerprint density at radius 3 is 2.70 bits per heavy atom. The molecule has 1 fully saturated rings. The molecule has 2 atom stereocenters. The predicted molar refractivity (Wildman–Crippen MR) is 165 cm³/mol. The maximum atomic E-state index is 13.2. The zero-order valence-electron chi connectivity index (χ0n) is 22.8. The number of nitrogens with one attached hydrogen (secondary N) is 1. The molecule has 1 N–H and O–H groups in total. The predicted octanol–water partition coefficient (Wildman–Crippen LogP) is 6.43. The second-order valence-corrected chi connectivity index (χ2v) is 15.7. The maximum absolute atomic E-state index is 13.2. The Morgan fingerprint density at radius 2 is 1.88 bits per heavy atom. The number of aromatic nitrogens is 4. The van der Waals surface area contributed by atoms with E-state index in [0.29, 0.717) is 0 Å². The minimum Gasteiger partial charge on any atom is -0.598 e. The van der Waals surface area contributed by atoms with Crippen molar-refractivity contribution in [2.75, 3.05) is 18.0 Å². The summed E-state index contributed by atoms with van der Waals surface area (Å²) in [5.41, 5.74) is 3.65. The highest BCUT2D eigenvalue weighted by Gasteiger charge is 2.50. The first-order valence-corrected chi connectivity index (χ1v) is 16.4. The minimum atomic E-state index is -1.14. The molecule has 40 heavy (non-hydrogen) atoms. The standard InChI is InChI=1S/C30H32N6OS3/c1-29(2,3)40(37)34-26-22-9-5-4-7-20(22)17-30(26)11-14-35(15-12-30)28-32-19-24(27-31-13-16-36(27)28)38-23-10-6-8-21-18-33-39-25(21)23/h4-10,13,16,18-19,26,34H,11-12,14-15,17H2,1-3H3/t26-,40?/m1/s1. The second kappa shape index (κ2) is 10.0. The van der Waals surface area contributed by atoms with Gasteiger partial charge in [-0.3, -0.25) is 4.40 Å². The normalized spacial score (nSPS) is 19.5. The second-order valence-electron chi connectivity index (χ2n) is 11.8. The Hall–Kier alpha value is -2.63. The molecular formula is C30H32N6OS3. The summed E-state index contributed by atoms with van der Waals surface area (Å²) in [6.45, 7) is 7.89. The third-order valence-corrected chi connectivity index (χ3v) is 11.9. The molecule has 1 unspecified atom stereocenters. The average molecular weight is 589 g/mol. The topological polar surface area (TPSA) is 81.4 Å². The van der Waals surface area contributed by atoms with E-state index in [0.717, 1.165) is 54.2 Å². The Morgan fingerprint density at radius 1 is 1.05 bits per heavy atom. The highest BCUT2D eigenvalue weighted by atomic mass is 32.2. The molecule has 0 saturated carbocycles. The van der Waals surface area contributed by atoms with Crippen molar-refractivity contribution in [1.29, 1.82) is 0 Å². The fourth-order valence-corrected chi connectivity index (χ4v) is 8.91. The van der Waals surface area contributed by atoms with Crippen molar-refractivity contribution in [2.24, 2.45) is 5.41 Å². The van der Waals surface area contributed by atoms with Crippen molar-refractivity contribution >= 4 is 56.3 Å². The summed E-state index contributed by atoms with van der Waals surface area (Å²) >= 11 is 2.08. The average Bonchev–Trinajstić information content (AvgIpc) is 3.68. The van der Waals surface area contributed by atoms with Crippen molar-refractivity contribution in [1.82, 2.24) is 23.5 Å². The van der Waals surface area contributed by atoms with Crippen LogP contribution in [0, 0.1) is 5.41 Å². The number of imidazole rings is 1. The summed E-state index contributed by atoms with van der Waals surface area (Å²) in [4.78, 5) is 14.3. The molecular weight excluding hydrogens is 557 g/mol. The number of hydrogen-bond donors (Lipinski definition) is 1. The van der Waals surface area contributed by atoms with Gasteiger partial charge >= 0.3 is 0 Å². The van der Waals surface area contributed by atoms with E-state index in [1.807, 2.05) is 45.6 Å². The van der Waals surface area contributed by atoms with Gasteiger partial charge in [-0.05, 0) is 68.8 Å². The van der Waals surface area contributed by atoms with Crippen LogP contribution < -0.4 is 9.62 Å². The van der Waals surface area contributed by atoms with Gasteiger partial charge in [-0.25, -0.2) is 9.97 Å². The van der Waals surface area contributed by atoms with Gasteiger partial charge in [0.15, 0.2) is 5.65 Å². The van der Waals surface area contributed by atoms with Gasteiger partial charge < -0.3 is 9.45 Å². The molecule has 5 aromatic rings. The Balaban J connectivity index is 1.15. The molecule has 1 aliphatic carbocycles. The highest BCUT2D eigenvalue weighted by Crippen LogP contribution is 2.53. The van der Waals surface area contributed by atoms with Gasteiger partial charge in [0.2, 0.25) is 5.95 Å². The van der Waals surface area contributed by atoms with Crippen LogP contribution in [-0.4, -0.2) is 41.1 Å². The number of hydrogen-bond acceptors (Lipinski definition) is 8. The minimum absolute atomic E-state index is 0.0400. The number of nitrogens with zero attached hydrogens (tertiary/aromatic N) is 5. The summed E-state index contributed by atoms with van der Waals surface area (Å²) < 4.78 is 24.2. The zero-order chi connectivity index (χ0) is 27.5. The summed E-state index contributed by atoms with van der Waals surface area (Å²) in [7, 11) is 0. The summed E-state index contributed by atoms with van der Waals surface area (Å²) in [5, 5.41) is 1.16. The van der Waals surface area contributed by atoms with Crippen LogP contribution in [0.4, 0.5) is 5.95 Å². The first-order valence-electron chi connectivity index (χ1n) is 13.7. The van der Waals surface area contributed by atoms with E-state index in [-0.39, 0.29) is 16.2 Å². The van der Waals surface area contributed by atoms with Crippen molar-refractivity contribution in [3.05, 3.63) is 78.4 Å². The van der Waals surface area contributed by atoms with Crippen molar-refractivity contribution in [2.45, 2.75) is 60.6 Å². The van der Waals surface area contributed by atoms with Crippen molar-refractivity contribution < 1.29 is 4.55 Å². The van der Waals surface area contributed by atoms with Gasteiger partial charge in [0.1, 0.15) is 4.75 Å². The fraction of sp³-hybridized carbons (Fsp3) is 0.367. The molecule has 206 valence electrons. The van der Waals surface area contributed by atoms with E-state index in [4.69, 9.17) is 9.97 Å².